The molecule has 0 radical (unpaired) electrons. The number of sulfone groups is 1. The minimum Gasteiger partial charge on any atom is -0.493 e. The highest BCUT2D eigenvalue weighted by Crippen LogP contribution is 2.31. The monoisotopic (exact) mass is 386 g/mol. The van der Waals surface area contributed by atoms with Gasteiger partial charge in [0.05, 0.1) is 12.6 Å². The summed E-state index contributed by atoms with van der Waals surface area (Å²) in [5.41, 5.74) is 1.25. The van der Waals surface area contributed by atoms with E-state index in [0.717, 1.165) is 5.56 Å². The Balaban J connectivity index is 1.59. The highest BCUT2D eigenvalue weighted by molar-refractivity contribution is 7.92. The maximum absolute atomic E-state index is 12.9. The highest BCUT2D eigenvalue weighted by Gasteiger charge is 2.35. The molecule has 9 heteroatoms. The van der Waals surface area contributed by atoms with Crippen molar-refractivity contribution in [2.24, 2.45) is 0 Å². The van der Waals surface area contributed by atoms with E-state index >= 15 is 0 Å². The number of carbonyl (C=O) groups excluding carboxylic acids is 1. The molecular formula is C18H18N4O4S. The van der Waals surface area contributed by atoms with E-state index in [1.54, 1.807) is 24.4 Å². The van der Waals surface area contributed by atoms with E-state index in [1.807, 2.05) is 24.3 Å². The molecule has 0 aliphatic carbocycles. The number of aromatic nitrogens is 3. The number of fused-ring (bicyclic) bond motifs is 2. The molecular weight excluding hydrogens is 368 g/mol. The lowest BCUT2D eigenvalue weighted by Gasteiger charge is -2.27. The van der Waals surface area contributed by atoms with E-state index in [1.165, 1.54) is 11.3 Å². The van der Waals surface area contributed by atoms with Gasteiger partial charge in [-0.25, -0.2) is 8.42 Å². The zero-order valence-corrected chi connectivity index (χ0v) is 15.4. The molecule has 1 N–H and O–H groups in total. The van der Waals surface area contributed by atoms with Crippen LogP contribution in [0.25, 0.3) is 5.65 Å². The van der Waals surface area contributed by atoms with Gasteiger partial charge in [0, 0.05) is 18.2 Å². The van der Waals surface area contributed by atoms with Gasteiger partial charge in [0.15, 0.2) is 5.65 Å². The lowest BCUT2D eigenvalue weighted by atomic mass is 10.0. The van der Waals surface area contributed by atoms with Crippen LogP contribution >= 0.6 is 0 Å². The zero-order valence-electron chi connectivity index (χ0n) is 14.6. The predicted molar refractivity (Wildman–Crippen MR) is 97.1 cm³/mol. The normalized spacial score (nSPS) is 17.7. The Morgan fingerprint density at radius 2 is 2.00 bits per heavy atom. The molecule has 0 bridgehead atoms. The van der Waals surface area contributed by atoms with Crippen LogP contribution in [0.3, 0.4) is 0 Å². The Kier molecular flexibility index (Phi) is 4.31. The van der Waals surface area contributed by atoms with Gasteiger partial charge in [-0.3, -0.25) is 9.20 Å². The van der Waals surface area contributed by atoms with E-state index in [2.05, 4.69) is 15.5 Å². The lowest BCUT2D eigenvalue weighted by Crippen LogP contribution is -2.41. The third-order valence-electron chi connectivity index (χ3n) is 4.65. The summed E-state index contributed by atoms with van der Waals surface area (Å²) in [6.45, 7) is 1.82. The third-order valence-corrected chi connectivity index (χ3v) is 6.58. The van der Waals surface area contributed by atoms with Crippen LogP contribution in [-0.4, -0.2) is 40.8 Å². The van der Waals surface area contributed by atoms with Crippen LogP contribution < -0.4 is 10.1 Å². The fraction of sp³-hybridized carbons (Fsp3) is 0.278. The van der Waals surface area contributed by atoms with Crippen molar-refractivity contribution in [1.29, 1.82) is 0 Å². The first-order valence-electron chi connectivity index (χ1n) is 8.54. The van der Waals surface area contributed by atoms with Crippen molar-refractivity contribution < 1.29 is 17.9 Å². The summed E-state index contributed by atoms with van der Waals surface area (Å²) in [4.78, 5) is 12.7. The first-order valence-corrected chi connectivity index (χ1v) is 10.1. The van der Waals surface area contributed by atoms with Gasteiger partial charge < -0.3 is 10.1 Å². The lowest BCUT2D eigenvalue weighted by molar-refractivity contribution is -0.121. The molecule has 1 aliphatic rings. The molecule has 4 rings (SSSR count). The summed E-state index contributed by atoms with van der Waals surface area (Å²) in [5.74, 6) is 0.123. The summed E-state index contributed by atoms with van der Waals surface area (Å²) in [7, 11) is -4.00. The number of pyridine rings is 1. The summed E-state index contributed by atoms with van der Waals surface area (Å²) in [5, 5.41) is 8.92. The van der Waals surface area contributed by atoms with Gasteiger partial charge >= 0.3 is 0 Å². The number of hydrogen-bond acceptors (Lipinski definition) is 6. The highest BCUT2D eigenvalue weighted by atomic mass is 32.2. The summed E-state index contributed by atoms with van der Waals surface area (Å²) < 4.78 is 32.8. The van der Waals surface area contributed by atoms with E-state index in [0.29, 0.717) is 24.4 Å². The van der Waals surface area contributed by atoms with E-state index in [9.17, 15) is 13.2 Å². The minimum absolute atomic E-state index is 0.242. The van der Waals surface area contributed by atoms with Gasteiger partial charge in [0.1, 0.15) is 11.0 Å². The van der Waals surface area contributed by atoms with Gasteiger partial charge in [-0.15, -0.1) is 10.2 Å². The number of carbonyl (C=O) groups is 1. The number of hydrogen-bond donors (Lipinski definition) is 1. The second-order valence-electron chi connectivity index (χ2n) is 6.33. The van der Waals surface area contributed by atoms with Gasteiger partial charge in [-0.05, 0) is 25.1 Å². The molecule has 140 valence electrons. The fourth-order valence-electron chi connectivity index (χ4n) is 3.09. The molecule has 3 heterocycles. The Morgan fingerprint density at radius 1 is 1.22 bits per heavy atom. The standard InChI is InChI=1S/C18H18N4O4S/c1-12(27(24,25)18-21-20-16-8-4-5-10-22(16)18)17(23)19-14-9-11-26-15-7-3-2-6-13(14)15/h2-8,10,12,14H,9,11H2,1H3,(H,19,23)/t12-,14-/m0/s1. The number of nitrogens with zero attached hydrogens (tertiary/aromatic N) is 3. The van der Waals surface area contributed by atoms with Crippen LogP contribution in [0.4, 0.5) is 0 Å². The topological polar surface area (TPSA) is 103 Å². The number of rotatable bonds is 4. The van der Waals surface area contributed by atoms with Crippen molar-refractivity contribution in [2.75, 3.05) is 6.61 Å². The molecule has 0 spiro atoms. The number of benzene rings is 1. The SMILES string of the molecule is C[C@@H](C(=O)N[C@H]1CCOc2ccccc21)S(=O)(=O)c1nnc2ccccn12. The fourth-order valence-corrected chi connectivity index (χ4v) is 4.34. The van der Waals surface area contributed by atoms with E-state index < -0.39 is 21.0 Å². The van der Waals surface area contributed by atoms with Crippen LogP contribution in [0.2, 0.25) is 0 Å². The van der Waals surface area contributed by atoms with Crippen molar-refractivity contribution in [3.05, 3.63) is 54.2 Å². The number of para-hydroxylation sites is 1. The van der Waals surface area contributed by atoms with Crippen LogP contribution in [0.1, 0.15) is 24.9 Å². The largest absolute Gasteiger partial charge is 0.493 e. The van der Waals surface area contributed by atoms with Gasteiger partial charge in [0.25, 0.3) is 5.16 Å². The molecule has 1 amide bonds. The third kappa shape index (κ3) is 3.03. The van der Waals surface area contributed by atoms with E-state index in [-0.39, 0.29) is 11.2 Å². The first kappa shape index (κ1) is 17.5. The van der Waals surface area contributed by atoms with Crippen molar-refractivity contribution in [3.63, 3.8) is 0 Å². The van der Waals surface area contributed by atoms with Crippen molar-refractivity contribution >= 4 is 21.4 Å². The molecule has 0 fully saturated rings. The molecule has 8 nitrogen and oxygen atoms in total. The molecule has 0 unspecified atom stereocenters. The van der Waals surface area contributed by atoms with Crippen LogP contribution in [0.5, 0.6) is 5.75 Å². The number of nitrogens with one attached hydrogen (secondary N) is 1. The number of amides is 1. The van der Waals surface area contributed by atoms with Crippen LogP contribution in [0, 0.1) is 0 Å². The minimum atomic E-state index is -4.00. The molecule has 0 saturated heterocycles. The second-order valence-corrected chi connectivity index (χ2v) is 8.50. The average Bonchev–Trinajstić information content (AvgIpc) is 3.12. The Labute approximate surface area is 156 Å². The number of ether oxygens (including phenoxy) is 1. The van der Waals surface area contributed by atoms with Crippen molar-refractivity contribution in [2.45, 2.75) is 29.8 Å². The van der Waals surface area contributed by atoms with Gasteiger partial charge in [-0.2, -0.15) is 0 Å². The quantitative estimate of drug-likeness (QED) is 0.729. The molecule has 2 aromatic heterocycles. The zero-order chi connectivity index (χ0) is 19.0. The van der Waals surface area contributed by atoms with Crippen molar-refractivity contribution in [1.82, 2.24) is 19.9 Å². The maximum atomic E-state index is 12.9. The first-order chi connectivity index (χ1) is 13.0. The Bertz CT molecular complexity index is 1110. The van der Waals surface area contributed by atoms with Crippen molar-refractivity contribution in [3.8, 4) is 5.75 Å². The van der Waals surface area contributed by atoms with Gasteiger partial charge in [0.2, 0.25) is 15.7 Å². The smallest absolute Gasteiger partial charge is 0.254 e. The van der Waals surface area contributed by atoms with Crippen LogP contribution in [-0.2, 0) is 14.6 Å². The molecule has 3 aromatic rings. The van der Waals surface area contributed by atoms with Gasteiger partial charge in [-0.1, -0.05) is 24.3 Å². The van der Waals surface area contributed by atoms with Crippen LogP contribution in [0.15, 0.2) is 53.8 Å². The molecule has 27 heavy (non-hydrogen) atoms. The Morgan fingerprint density at radius 3 is 2.85 bits per heavy atom. The average molecular weight is 386 g/mol. The predicted octanol–water partition coefficient (Wildman–Crippen LogP) is 1.53. The summed E-state index contributed by atoms with van der Waals surface area (Å²) >= 11 is 0. The molecule has 1 aromatic carbocycles. The van der Waals surface area contributed by atoms with E-state index in [4.69, 9.17) is 4.74 Å². The summed E-state index contributed by atoms with van der Waals surface area (Å²) in [6.07, 6.45) is 2.13. The summed E-state index contributed by atoms with van der Waals surface area (Å²) in [6, 6.07) is 12.2. The Hall–Kier alpha value is -2.94. The molecule has 1 aliphatic heterocycles. The molecule has 2 atom stereocenters. The second kappa shape index (κ2) is 6.66. The molecule has 0 saturated carbocycles. The maximum Gasteiger partial charge on any atom is 0.254 e.